The van der Waals surface area contributed by atoms with Crippen LogP contribution in [0.5, 0.6) is 0 Å². The highest BCUT2D eigenvalue weighted by atomic mass is 32.2. The van der Waals surface area contributed by atoms with Crippen LogP contribution >= 0.6 is 0 Å². The van der Waals surface area contributed by atoms with Crippen LogP contribution in [0.2, 0.25) is 0 Å². The van der Waals surface area contributed by atoms with Crippen LogP contribution in [-0.4, -0.2) is 20.5 Å². The Morgan fingerprint density at radius 3 is 2.23 bits per heavy atom. The standard InChI is InChI=1S/C17H16F3NO4S/c1-11(2)25-16(22)12-6-8-14(9-7-12)21-26(23,24)15-5-3-4-13(10-15)17(18,19)20/h3-11,21H,1-2H3. The number of esters is 1. The Morgan fingerprint density at radius 1 is 1.08 bits per heavy atom. The minimum absolute atomic E-state index is 0.100. The molecule has 0 aliphatic rings. The zero-order valence-electron chi connectivity index (χ0n) is 13.9. The summed E-state index contributed by atoms with van der Waals surface area (Å²) in [6.07, 6.45) is -4.95. The number of rotatable bonds is 5. The van der Waals surface area contributed by atoms with Crippen molar-refractivity contribution in [3.8, 4) is 0 Å². The van der Waals surface area contributed by atoms with E-state index in [-0.39, 0.29) is 17.4 Å². The molecule has 0 fully saturated rings. The fourth-order valence-electron chi connectivity index (χ4n) is 2.01. The molecular formula is C17H16F3NO4S. The third kappa shape index (κ3) is 4.98. The van der Waals surface area contributed by atoms with Crippen LogP contribution in [0.25, 0.3) is 0 Å². The maximum atomic E-state index is 12.7. The summed E-state index contributed by atoms with van der Waals surface area (Å²) in [5.41, 5.74) is -0.739. The highest BCUT2D eigenvalue weighted by Crippen LogP contribution is 2.30. The second-order valence-corrected chi connectivity index (χ2v) is 7.34. The Kier molecular flexibility index (Phi) is 5.60. The van der Waals surface area contributed by atoms with Crippen molar-refractivity contribution in [3.63, 3.8) is 0 Å². The third-order valence-corrected chi connectivity index (χ3v) is 4.57. The lowest BCUT2D eigenvalue weighted by atomic mass is 10.2. The molecule has 0 atom stereocenters. The molecule has 0 aliphatic heterocycles. The van der Waals surface area contributed by atoms with E-state index in [1.165, 1.54) is 24.3 Å². The summed E-state index contributed by atoms with van der Waals surface area (Å²) in [6, 6.07) is 8.77. The van der Waals surface area contributed by atoms with Gasteiger partial charge in [0, 0.05) is 5.69 Å². The third-order valence-electron chi connectivity index (χ3n) is 3.19. The van der Waals surface area contributed by atoms with Gasteiger partial charge < -0.3 is 4.74 Å². The van der Waals surface area contributed by atoms with Crippen LogP contribution in [-0.2, 0) is 20.9 Å². The summed E-state index contributed by atoms with van der Waals surface area (Å²) in [5, 5.41) is 0. The van der Waals surface area contributed by atoms with Gasteiger partial charge in [0.05, 0.1) is 22.1 Å². The van der Waals surface area contributed by atoms with E-state index in [0.717, 1.165) is 18.2 Å². The fourth-order valence-corrected chi connectivity index (χ4v) is 3.11. The fraction of sp³-hybridized carbons (Fsp3) is 0.235. The average Bonchev–Trinajstić information content (AvgIpc) is 2.54. The number of ether oxygens (including phenoxy) is 1. The van der Waals surface area contributed by atoms with Crippen molar-refractivity contribution in [2.24, 2.45) is 0 Å². The van der Waals surface area contributed by atoms with E-state index in [1.807, 2.05) is 0 Å². The molecule has 2 rings (SSSR count). The molecule has 0 unspecified atom stereocenters. The predicted molar refractivity (Wildman–Crippen MR) is 89.2 cm³/mol. The first kappa shape index (κ1) is 19.8. The smallest absolute Gasteiger partial charge is 0.416 e. The minimum Gasteiger partial charge on any atom is -0.459 e. The summed E-state index contributed by atoms with van der Waals surface area (Å²) in [6.45, 7) is 3.38. The van der Waals surface area contributed by atoms with Crippen LogP contribution in [0.4, 0.5) is 18.9 Å². The van der Waals surface area contributed by atoms with Crippen molar-refractivity contribution < 1.29 is 31.1 Å². The first-order valence-corrected chi connectivity index (χ1v) is 8.98. The number of nitrogens with one attached hydrogen (secondary N) is 1. The molecule has 9 heteroatoms. The Bertz CT molecular complexity index is 891. The Balaban J connectivity index is 2.21. The van der Waals surface area contributed by atoms with E-state index in [1.54, 1.807) is 13.8 Å². The number of benzene rings is 2. The molecular weight excluding hydrogens is 371 g/mol. The number of hydrogen-bond acceptors (Lipinski definition) is 4. The molecule has 0 spiro atoms. The normalized spacial score (nSPS) is 12.1. The quantitative estimate of drug-likeness (QED) is 0.785. The number of carbonyl (C=O) groups excluding carboxylic acids is 1. The van der Waals surface area contributed by atoms with Gasteiger partial charge in [0.1, 0.15) is 0 Å². The van der Waals surface area contributed by atoms with E-state index in [2.05, 4.69) is 4.72 Å². The SMILES string of the molecule is CC(C)OC(=O)c1ccc(NS(=O)(=O)c2cccc(C(F)(F)F)c2)cc1. The van der Waals surface area contributed by atoms with Crippen LogP contribution in [0.3, 0.4) is 0 Å². The lowest BCUT2D eigenvalue weighted by Gasteiger charge is -2.12. The molecule has 5 nitrogen and oxygen atoms in total. The molecule has 140 valence electrons. The summed E-state index contributed by atoms with van der Waals surface area (Å²) in [5.74, 6) is -0.563. The van der Waals surface area contributed by atoms with Crippen LogP contribution in [0, 0.1) is 0 Å². The topological polar surface area (TPSA) is 72.5 Å². The largest absolute Gasteiger partial charge is 0.459 e. The maximum Gasteiger partial charge on any atom is 0.416 e. The molecule has 0 saturated heterocycles. The van der Waals surface area contributed by atoms with Gasteiger partial charge in [-0.25, -0.2) is 13.2 Å². The Labute approximate surface area is 148 Å². The van der Waals surface area contributed by atoms with Crippen molar-refractivity contribution >= 4 is 21.7 Å². The first-order valence-electron chi connectivity index (χ1n) is 7.50. The Hall–Kier alpha value is -2.55. The highest BCUT2D eigenvalue weighted by molar-refractivity contribution is 7.92. The highest BCUT2D eigenvalue weighted by Gasteiger charge is 2.31. The van der Waals surface area contributed by atoms with E-state index in [0.29, 0.717) is 6.07 Å². The van der Waals surface area contributed by atoms with E-state index in [9.17, 15) is 26.4 Å². The lowest BCUT2D eigenvalue weighted by Crippen LogP contribution is -2.15. The van der Waals surface area contributed by atoms with Gasteiger partial charge in [-0.1, -0.05) is 6.07 Å². The second kappa shape index (κ2) is 7.36. The molecule has 0 heterocycles. The van der Waals surface area contributed by atoms with Gasteiger partial charge in [-0.05, 0) is 56.3 Å². The monoisotopic (exact) mass is 387 g/mol. The van der Waals surface area contributed by atoms with Crippen molar-refractivity contribution in [2.75, 3.05) is 4.72 Å². The first-order chi connectivity index (χ1) is 12.0. The van der Waals surface area contributed by atoms with Gasteiger partial charge in [0.25, 0.3) is 10.0 Å². The molecule has 0 bridgehead atoms. The van der Waals surface area contributed by atoms with Crippen LogP contribution in [0.15, 0.2) is 53.4 Å². The van der Waals surface area contributed by atoms with Gasteiger partial charge in [-0.2, -0.15) is 13.2 Å². The van der Waals surface area contributed by atoms with Gasteiger partial charge >= 0.3 is 12.1 Å². The predicted octanol–water partition coefficient (Wildman–Crippen LogP) is 4.07. The maximum absolute atomic E-state index is 12.7. The zero-order chi connectivity index (χ0) is 19.5. The number of anilines is 1. The summed E-state index contributed by atoms with van der Waals surface area (Å²) in [4.78, 5) is 11.2. The number of halogens is 3. The number of carbonyl (C=O) groups is 1. The zero-order valence-corrected chi connectivity index (χ0v) is 14.7. The molecule has 1 N–H and O–H groups in total. The summed E-state index contributed by atoms with van der Waals surface area (Å²) in [7, 11) is -4.21. The molecule has 0 radical (unpaired) electrons. The van der Waals surface area contributed by atoms with Gasteiger partial charge in [0.2, 0.25) is 0 Å². The molecule has 2 aromatic rings. The van der Waals surface area contributed by atoms with E-state index in [4.69, 9.17) is 4.74 Å². The molecule has 2 aromatic carbocycles. The average molecular weight is 387 g/mol. The van der Waals surface area contributed by atoms with Crippen LogP contribution < -0.4 is 4.72 Å². The number of alkyl halides is 3. The number of sulfonamides is 1. The lowest BCUT2D eigenvalue weighted by molar-refractivity contribution is -0.137. The van der Waals surface area contributed by atoms with Crippen molar-refractivity contribution in [1.82, 2.24) is 0 Å². The van der Waals surface area contributed by atoms with E-state index >= 15 is 0 Å². The summed E-state index contributed by atoms with van der Waals surface area (Å²) >= 11 is 0. The van der Waals surface area contributed by atoms with Gasteiger partial charge in [-0.15, -0.1) is 0 Å². The Morgan fingerprint density at radius 2 is 1.69 bits per heavy atom. The minimum atomic E-state index is -4.65. The molecule has 0 amide bonds. The van der Waals surface area contributed by atoms with Crippen molar-refractivity contribution in [2.45, 2.75) is 31.0 Å². The second-order valence-electron chi connectivity index (χ2n) is 5.66. The van der Waals surface area contributed by atoms with Gasteiger partial charge in [-0.3, -0.25) is 4.72 Å². The molecule has 26 heavy (non-hydrogen) atoms. The summed E-state index contributed by atoms with van der Waals surface area (Å²) < 4.78 is 69.9. The van der Waals surface area contributed by atoms with Gasteiger partial charge in [0.15, 0.2) is 0 Å². The van der Waals surface area contributed by atoms with Crippen molar-refractivity contribution in [1.29, 1.82) is 0 Å². The van der Waals surface area contributed by atoms with E-state index < -0.39 is 32.6 Å². The molecule has 0 saturated carbocycles. The van der Waals surface area contributed by atoms with Crippen LogP contribution in [0.1, 0.15) is 29.8 Å². The number of hydrogen-bond donors (Lipinski definition) is 1. The molecule has 0 aliphatic carbocycles. The molecule has 0 aromatic heterocycles. The van der Waals surface area contributed by atoms with Crippen molar-refractivity contribution in [3.05, 3.63) is 59.7 Å².